The maximum absolute atomic E-state index is 11.9. The lowest BCUT2D eigenvalue weighted by molar-refractivity contribution is -0.142. The van der Waals surface area contributed by atoms with E-state index in [-0.39, 0.29) is 18.3 Å². The van der Waals surface area contributed by atoms with Crippen molar-refractivity contribution in [2.75, 3.05) is 11.9 Å². The van der Waals surface area contributed by atoms with Crippen molar-refractivity contribution in [3.63, 3.8) is 0 Å². The van der Waals surface area contributed by atoms with E-state index in [0.29, 0.717) is 23.1 Å². The molecule has 20 heavy (non-hydrogen) atoms. The molecule has 0 fully saturated rings. The summed E-state index contributed by atoms with van der Waals surface area (Å²) in [6.07, 6.45) is 0.107. The molecule has 8 heteroatoms. The van der Waals surface area contributed by atoms with E-state index in [0.717, 1.165) is 5.01 Å². The Balaban J connectivity index is 1.95. The highest BCUT2D eigenvalue weighted by molar-refractivity contribution is 7.14. The number of carbonyl (C=O) groups is 2. The second-order valence-corrected chi connectivity index (χ2v) is 5.75. The van der Waals surface area contributed by atoms with Crippen LogP contribution in [0.5, 0.6) is 0 Å². The molecule has 6 nitrogen and oxygen atoms in total. The van der Waals surface area contributed by atoms with Crippen LogP contribution in [0.2, 0.25) is 0 Å². The van der Waals surface area contributed by atoms with Crippen molar-refractivity contribution in [1.82, 2.24) is 9.97 Å². The molecule has 2 aromatic heterocycles. The van der Waals surface area contributed by atoms with Crippen LogP contribution in [0.25, 0.3) is 0 Å². The van der Waals surface area contributed by atoms with Crippen molar-refractivity contribution in [3.05, 3.63) is 27.2 Å². The van der Waals surface area contributed by atoms with Crippen LogP contribution in [0.1, 0.15) is 28.1 Å². The number of aryl methyl sites for hydroxylation is 1. The lowest BCUT2D eigenvalue weighted by Gasteiger charge is -1.99. The first-order valence-corrected chi connectivity index (χ1v) is 7.68. The zero-order valence-corrected chi connectivity index (χ0v) is 12.6. The molecule has 0 bridgehead atoms. The van der Waals surface area contributed by atoms with Gasteiger partial charge in [0, 0.05) is 10.8 Å². The summed E-state index contributed by atoms with van der Waals surface area (Å²) in [5.41, 5.74) is 0.952. The Morgan fingerprint density at radius 3 is 2.75 bits per heavy atom. The maximum atomic E-state index is 11.9. The first kappa shape index (κ1) is 14.6. The molecule has 0 unspecified atom stereocenters. The Morgan fingerprint density at radius 1 is 1.30 bits per heavy atom. The number of rotatable bonds is 5. The third-order valence-electron chi connectivity index (χ3n) is 2.25. The molecule has 0 aromatic carbocycles. The van der Waals surface area contributed by atoms with Gasteiger partial charge in [-0.1, -0.05) is 0 Å². The lowest BCUT2D eigenvalue weighted by Crippen LogP contribution is -2.12. The Bertz CT molecular complexity index is 621. The number of ether oxygens (including phenoxy) is 1. The normalized spacial score (nSPS) is 10.3. The van der Waals surface area contributed by atoms with Crippen LogP contribution in [0, 0.1) is 6.92 Å². The molecule has 0 spiro atoms. The van der Waals surface area contributed by atoms with E-state index >= 15 is 0 Å². The van der Waals surface area contributed by atoms with Crippen LogP contribution < -0.4 is 5.32 Å². The number of hydrogen-bond acceptors (Lipinski definition) is 7. The van der Waals surface area contributed by atoms with Gasteiger partial charge >= 0.3 is 5.97 Å². The predicted octanol–water partition coefficient (Wildman–Crippen LogP) is 2.27. The minimum absolute atomic E-state index is 0.107. The maximum Gasteiger partial charge on any atom is 0.311 e. The minimum Gasteiger partial charge on any atom is -0.466 e. The Hall–Kier alpha value is -1.80. The van der Waals surface area contributed by atoms with Gasteiger partial charge in [0.05, 0.1) is 23.7 Å². The van der Waals surface area contributed by atoms with E-state index < -0.39 is 0 Å². The molecule has 0 aliphatic rings. The van der Waals surface area contributed by atoms with Gasteiger partial charge in [0.2, 0.25) is 0 Å². The number of amides is 1. The summed E-state index contributed by atoms with van der Waals surface area (Å²) in [5, 5.41) is 7.35. The van der Waals surface area contributed by atoms with Gasteiger partial charge in [0.15, 0.2) is 5.13 Å². The van der Waals surface area contributed by atoms with Crippen molar-refractivity contribution in [3.8, 4) is 0 Å². The summed E-state index contributed by atoms with van der Waals surface area (Å²) in [4.78, 5) is 31.4. The molecule has 0 saturated carbocycles. The third-order valence-corrected chi connectivity index (χ3v) is 3.83. The molecular weight excluding hydrogens is 298 g/mol. The Kier molecular flexibility index (Phi) is 4.80. The van der Waals surface area contributed by atoms with Gasteiger partial charge in [-0.15, -0.1) is 22.7 Å². The fourth-order valence-corrected chi connectivity index (χ4v) is 2.73. The number of nitrogens with zero attached hydrogens (tertiary/aromatic N) is 2. The number of carbonyl (C=O) groups excluding carboxylic acids is 2. The molecule has 0 aliphatic carbocycles. The number of hydrogen-bond donors (Lipinski definition) is 1. The highest BCUT2D eigenvalue weighted by Gasteiger charge is 2.13. The molecule has 2 rings (SSSR count). The Labute approximate surface area is 123 Å². The summed E-state index contributed by atoms with van der Waals surface area (Å²) < 4.78 is 4.84. The van der Waals surface area contributed by atoms with Crippen molar-refractivity contribution in [2.45, 2.75) is 20.3 Å². The standard InChI is InChI=1S/C12H13N3O3S2/c1-3-18-10(16)4-8-5-20-12(14-8)15-11(17)9-6-19-7(2)13-9/h5-6H,3-4H2,1-2H3,(H,14,15,17). The molecule has 0 saturated heterocycles. The first-order chi connectivity index (χ1) is 9.58. The number of esters is 1. The van der Waals surface area contributed by atoms with Gasteiger partial charge in [-0.2, -0.15) is 0 Å². The third kappa shape index (κ3) is 3.84. The quantitative estimate of drug-likeness (QED) is 0.857. The van der Waals surface area contributed by atoms with E-state index in [1.54, 1.807) is 17.7 Å². The minimum atomic E-state index is -0.328. The topological polar surface area (TPSA) is 81.2 Å². The van der Waals surface area contributed by atoms with E-state index in [1.165, 1.54) is 22.7 Å². The van der Waals surface area contributed by atoms with E-state index in [9.17, 15) is 9.59 Å². The molecule has 1 N–H and O–H groups in total. The molecule has 1 amide bonds. The average molecular weight is 311 g/mol. The summed E-state index contributed by atoms with van der Waals surface area (Å²) in [5.74, 6) is -0.628. The highest BCUT2D eigenvalue weighted by atomic mass is 32.1. The summed E-state index contributed by atoms with van der Waals surface area (Å²) in [7, 11) is 0. The first-order valence-electron chi connectivity index (χ1n) is 5.92. The summed E-state index contributed by atoms with van der Waals surface area (Å²) in [6, 6.07) is 0. The van der Waals surface area contributed by atoms with Gasteiger partial charge in [0.25, 0.3) is 5.91 Å². The zero-order valence-electron chi connectivity index (χ0n) is 11.0. The second kappa shape index (κ2) is 6.58. The fourth-order valence-electron chi connectivity index (χ4n) is 1.43. The smallest absolute Gasteiger partial charge is 0.311 e. The number of nitrogens with one attached hydrogen (secondary N) is 1. The van der Waals surface area contributed by atoms with Gasteiger partial charge in [-0.05, 0) is 13.8 Å². The SMILES string of the molecule is CCOC(=O)Cc1csc(NC(=O)c2csc(C)n2)n1. The average Bonchev–Trinajstić information content (AvgIpc) is 2.99. The van der Waals surface area contributed by atoms with Crippen LogP contribution >= 0.6 is 22.7 Å². The van der Waals surface area contributed by atoms with Crippen LogP contribution in [-0.2, 0) is 16.0 Å². The lowest BCUT2D eigenvalue weighted by atomic mass is 10.3. The number of aromatic nitrogens is 2. The fraction of sp³-hybridized carbons (Fsp3) is 0.333. The molecular formula is C12H13N3O3S2. The monoisotopic (exact) mass is 311 g/mol. The van der Waals surface area contributed by atoms with E-state index in [2.05, 4.69) is 15.3 Å². The van der Waals surface area contributed by atoms with Crippen molar-refractivity contribution in [2.24, 2.45) is 0 Å². The molecule has 0 aliphatic heterocycles. The van der Waals surface area contributed by atoms with E-state index in [4.69, 9.17) is 4.74 Å². The van der Waals surface area contributed by atoms with Crippen molar-refractivity contribution >= 4 is 39.7 Å². The van der Waals surface area contributed by atoms with E-state index in [1.807, 2.05) is 6.92 Å². The zero-order chi connectivity index (χ0) is 14.5. The van der Waals surface area contributed by atoms with Gasteiger partial charge in [-0.3, -0.25) is 14.9 Å². The van der Waals surface area contributed by atoms with Crippen LogP contribution in [0.3, 0.4) is 0 Å². The molecule has 0 atom stereocenters. The molecule has 0 radical (unpaired) electrons. The van der Waals surface area contributed by atoms with Crippen LogP contribution in [-0.4, -0.2) is 28.5 Å². The number of thiazole rings is 2. The highest BCUT2D eigenvalue weighted by Crippen LogP contribution is 2.17. The molecule has 2 aromatic rings. The molecule has 106 valence electrons. The van der Waals surface area contributed by atoms with Gasteiger partial charge in [-0.25, -0.2) is 9.97 Å². The summed E-state index contributed by atoms with van der Waals surface area (Å²) in [6.45, 7) is 3.93. The van der Waals surface area contributed by atoms with Gasteiger partial charge in [0.1, 0.15) is 5.69 Å². The van der Waals surface area contributed by atoms with Crippen molar-refractivity contribution < 1.29 is 14.3 Å². The van der Waals surface area contributed by atoms with Crippen LogP contribution in [0.15, 0.2) is 10.8 Å². The number of anilines is 1. The Morgan fingerprint density at radius 2 is 2.10 bits per heavy atom. The predicted molar refractivity (Wildman–Crippen MR) is 77.3 cm³/mol. The molecule has 2 heterocycles. The summed E-state index contributed by atoms with van der Waals surface area (Å²) >= 11 is 2.68. The second-order valence-electron chi connectivity index (χ2n) is 3.83. The van der Waals surface area contributed by atoms with Crippen molar-refractivity contribution in [1.29, 1.82) is 0 Å². The van der Waals surface area contributed by atoms with Crippen LogP contribution in [0.4, 0.5) is 5.13 Å². The van der Waals surface area contributed by atoms with Gasteiger partial charge < -0.3 is 4.74 Å². The largest absolute Gasteiger partial charge is 0.466 e.